The van der Waals surface area contributed by atoms with Crippen LogP contribution in [0.2, 0.25) is 0 Å². The predicted octanol–water partition coefficient (Wildman–Crippen LogP) is 2.29. The molecule has 0 aromatic carbocycles. The second-order valence-electron chi connectivity index (χ2n) is 4.10. The first kappa shape index (κ1) is 11.4. The van der Waals surface area contributed by atoms with Crippen molar-refractivity contribution in [3.8, 4) is 0 Å². The molecule has 0 radical (unpaired) electrons. The number of amides is 1. The molecular weight excluding hydrogens is 188 g/mol. The average molecular weight is 205 g/mol. The minimum absolute atomic E-state index is 0.000417. The van der Waals surface area contributed by atoms with Gasteiger partial charge in [0.1, 0.15) is 0 Å². The second-order valence-corrected chi connectivity index (χ2v) is 4.10. The number of halogens is 2. The Labute approximate surface area is 83.3 Å². The monoisotopic (exact) mass is 205 g/mol. The number of rotatable bonds is 4. The number of nitrogens with zero attached hydrogens (tertiary/aromatic N) is 1. The molecule has 0 heterocycles. The number of hydrogen-bond acceptors (Lipinski definition) is 1. The highest BCUT2D eigenvalue weighted by Crippen LogP contribution is 2.42. The van der Waals surface area contributed by atoms with E-state index in [9.17, 15) is 13.6 Å². The normalized spacial score (nSPS) is 20.3. The largest absolute Gasteiger partial charge is 0.343 e. The maximum atomic E-state index is 12.5. The summed E-state index contributed by atoms with van der Waals surface area (Å²) in [6.07, 6.45) is 0.768. The number of hydrogen-bond donors (Lipinski definition) is 0. The van der Waals surface area contributed by atoms with E-state index < -0.39 is 5.92 Å². The minimum atomic E-state index is -2.47. The van der Waals surface area contributed by atoms with Gasteiger partial charge in [0, 0.05) is 32.9 Å². The molecule has 1 saturated carbocycles. The standard InChI is InChI=1S/C10H17F2NO/c1-3-4-13(8(2)14)7-9-5-10(11,12)6-9/h9H,3-7H2,1-2H3. The molecule has 1 aliphatic rings. The van der Waals surface area contributed by atoms with Crippen LogP contribution in [0, 0.1) is 5.92 Å². The third-order valence-electron chi connectivity index (χ3n) is 2.59. The van der Waals surface area contributed by atoms with Crippen molar-refractivity contribution in [1.82, 2.24) is 4.90 Å². The van der Waals surface area contributed by atoms with Crippen molar-refractivity contribution in [2.75, 3.05) is 13.1 Å². The molecule has 0 spiro atoms. The fourth-order valence-electron chi connectivity index (χ4n) is 1.87. The Hall–Kier alpha value is -0.670. The van der Waals surface area contributed by atoms with Crippen molar-refractivity contribution in [3.05, 3.63) is 0 Å². The van der Waals surface area contributed by atoms with E-state index >= 15 is 0 Å². The SMILES string of the molecule is CCCN(CC1CC(F)(F)C1)C(C)=O. The summed E-state index contributed by atoms with van der Waals surface area (Å²) >= 11 is 0. The van der Waals surface area contributed by atoms with Crippen molar-refractivity contribution < 1.29 is 13.6 Å². The van der Waals surface area contributed by atoms with Crippen LogP contribution in [0.3, 0.4) is 0 Å². The van der Waals surface area contributed by atoms with Gasteiger partial charge in [0.15, 0.2) is 0 Å². The smallest absolute Gasteiger partial charge is 0.248 e. The molecule has 1 fully saturated rings. The molecule has 2 nitrogen and oxygen atoms in total. The molecule has 0 aromatic rings. The molecule has 0 aromatic heterocycles. The summed E-state index contributed by atoms with van der Waals surface area (Å²) in [5.74, 6) is -2.48. The Kier molecular flexibility index (Phi) is 3.45. The quantitative estimate of drug-likeness (QED) is 0.689. The molecule has 14 heavy (non-hydrogen) atoms. The predicted molar refractivity (Wildman–Crippen MR) is 50.2 cm³/mol. The lowest BCUT2D eigenvalue weighted by Crippen LogP contribution is -2.44. The molecule has 0 N–H and O–H groups in total. The van der Waals surface area contributed by atoms with Gasteiger partial charge >= 0.3 is 0 Å². The van der Waals surface area contributed by atoms with Gasteiger partial charge in [-0.3, -0.25) is 4.79 Å². The molecule has 0 unspecified atom stereocenters. The Bertz CT molecular complexity index is 210. The summed E-state index contributed by atoms with van der Waals surface area (Å²) < 4.78 is 25.0. The van der Waals surface area contributed by atoms with Crippen LogP contribution in [0.15, 0.2) is 0 Å². The summed E-state index contributed by atoms with van der Waals surface area (Å²) in [7, 11) is 0. The maximum Gasteiger partial charge on any atom is 0.248 e. The fraction of sp³-hybridized carbons (Fsp3) is 0.900. The average Bonchev–Trinajstić information content (AvgIpc) is 1.99. The zero-order chi connectivity index (χ0) is 10.8. The van der Waals surface area contributed by atoms with E-state index in [2.05, 4.69) is 0 Å². The molecule has 1 rings (SSSR count). The van der Waals surface area contributed by atoms with Gasteiger partial charge < -0.3 is 4.90 Å². The van der Waals surface area contributed by atoms with Gasteiger partial charge in [0.25, 0.3) is 0 Å². The van der Waals surface area contributed by atoms with E-state index in [0.29, 0.717) is 13.1 Å². The van der Waals surface area contributed by atoms with E-state index in [1.165, 1.54) is 6.92 Å². The third kappa shape index (κ3) is 2.93. The van der Waals surface area contributed by atoms with Crippen molar-refractivity contribution in [1.29, 1.82) is 0 Å². The van der Waals surface area contributed by atoms with Crippen molar-refractivity contribution in [2.45, 2.75) is 39.0 Å². The fourth-order valence-corrected chi connectivity index (χ4v) is 1.87. The van der Waals surface area contributed by atoms with Crippen LogP contribution in [-0.4, -0.2) is 29.8 Å². The van der Waals surface area contributed by atoms with E-state index in [-0.39, 0.29) is 24.7 Å². The summed E-state index contributed by atoms with van der Waals surface area (Å²) in [5, 5.41) is 0. The summed E-state index contributed by atoms with van der Waals surface area (Å²) in [6.45, 7) is 4.65. The summed E-state index contributed by atoms with van der Waals surface area (Å²) in [5.41, 5.74) is 0. The van der Waals surface area contributed by atoms with Crippen LogP contribution in [-0.2, 0) is 4.79 Å². The van der Waals surface area contributed by atoms with Gasteiger partial charge in [-0.25, -0.2) is 8.78 Å². The van der Waals surface area contributed by atoms with Crippen molar-refractivity contribution in [3.63, 3.8) is 0 Å². The van der Waals surface area contributed by atoms with Crippen LogP contribution in [0.4, 0.5) is 8.78 Å². The molecule has 0 saturated heterocycles. The second kappa shape index (κ2) is 4.24. The lowest BCUT2D eigenvalue weighted by Gasteiger charge is -2.38. The lowest BCUT2D eigenvalue weighted by molar-refractivity contribution is -0.138. The highest BCUT2D eigenvalue weighted by Gasteiger charge is 2.45. The van der Waals surface area contributed by atoms with E-state index in [1.807, 2.05) is 6.92 Å². The van der Waals surface area contributed by atoms with Gasteiger partial charge in [-0.2, -0.15) is 0 Å². The molecule has 4 heteroatoms. The Morgan fingerprint density at radius 1 is 1.50 bits per heavy atom. The zero-order valence-electron chi connectivity index (χ0n) is 8.72. The Morgan fingerprint density at radius 2 is 2.07 bits per heavy atom. The molecule has 0 aliphatic heterocycles. The zero-order valence-corrected chi connectivity index (χ0v) is 8.72. The topological polar surface area (TPSA) is 20.3 Å². The van der Waals surface area contributed by atoms with E-state index in [4.69, 9.17) is 0 Å². The van der Waals surface area contributed by atoms with Crippen molar-refractivity contribution >= 4 is 5.91 Å². The van der Waals surface area contributed by atoms with Gasteiger partial charge in [0.05, 0.1) is 0 Å². The van der Waals surface area contributed by atoms with Crippen LogP contribution in [0.5, 0.6) is 0 Å². The van der Waals surface area contributed by atoms with E-state index in [0.717, 1.165) is 6.42 Å². The molecular formula is C10H17F2NO. The maximum absolute atomic E-state index is 12.5. The van der Waals surface area contributed by atoms with Crippen molar-refractivity contribution in [2.24, 2.45) is 5.92 Å². The van der Waals surface area contributed by atoms with Gasteiger partial charge in [0.2, 0.25) is 11.8 Å². The van der Waals surface area contributed by atoms with Gasteiger partial charge in [-0.1, -0.05) is 6.92 Å². The van der Waals surface area contributed by atoms with E-state index in [1.54, 1.807) is 4.90 Å². The third-order valence-corrected chi connectivity index (χ3v) is 2.59. The van der Waals surface area contributed by atoms with Crippen LogP contribution >= 0.6 is 0 Å². The first-order chi connectivity index (χ1) is 6.44. The van der Waals surface area contributed by atoms with Crippen LogP contribution in [0.25, 0.3) is 0 Å². The lowest BCUT2D eigenvalue weighted by atomic mass is 9.81. The molecule has 0 atom stereocenters. The summed E-state index contributed by atoms with van der Waals surface area (Å²) in [4.78, 5) is 12.8. The van der Waals surface area contributed by atoms with Gasteiger partial charge in [-0.15, -0.1) is 0 Å². The molecule has 1 aliphatic carbocycles. The first-order valence-corrected chi connectivity index (χ1v) is 5.08. The summed E-state index contributed by atoms with van der Waals surface area (Å²) in [6, 6.07) is 0. The Balaban J connectivity index is 2.31. The highest BCUT2D eigenvalue weighted by atomic mass is 19.3. The number of alkyl halides is 2. The first-order valence-electron chi connectivity index (χ1n) is 5.08. The Morgan fingerprint density at radius 3 is 2.43 bits per heavy atom. The number of carbonyl (C=O) groups is 1. The minimum Gasteiger partial charge on any atom is -0.343 e. The number of carbonyl (C=O) groups excluding carboxylic acids is 1. The van der Waals surface area contributed by atoms with Gasteiger partial charge in [-0.05, 0) is 12.3 Å². The molecule has 1 amide bonds. The molecule has 0 bridgehead atoms. The highest BCUT2D eigenvalue weighted by molar-refractivity contribution is 5.73. The van der Waals surface area contributed by atoms with Crippen LogP contribution < -0.4 is 0 Å². The molecule has 82 valence electrons. The van der Waals surface area contributed by atoms with Crippen LogP contribution in [0.1, 0.15) is 33.1 Å².